The predicted octanol–water partition coefficient (Wildman–Crippen LogP) is 4.62. The highest BCUT2D eigenvalue weighted by atomic mass is 35.5. The number of carbonyl (C=O) groups excluding carboxylic acids is 1. The summed E-state index contributed by atoms with van der Waals surface area (Å²) in [5, 5.41) is 9.83. The van der Waals surface area contributed by atoms with E-state index in [2.05, 4.69) is 6.07 Å². The molecule has 0 unspecified atom stereocenters. The monoisotopic (exact) mass is 331 g/mol. The summed E-state index contributed by atoms with van der Waals surface area (Å²) in [6, 6.07) is 14.1. The van der Waals surface area contributed by atoms with Crippen molar-refractivity contribution in [2.75, 3.05) is 0 Å². The maximum absolute atomic E-state index is 11.7. The fourth-order valence-corrected chi connectivity index (χ4v) is 2.04. The minimum atomic E-state index is -0.501. The number of esters is 1. The van der Waals surface area contributed by atoms with Crippen LogP contribution in [-0.4, -0.2) is 5.97 Å². The molecule has 0 N–H and O–H groups in total. The van der Waals surface area contributed by atoms with Crippen LogP contribution in [-0.2, 0) is 16.1 Å². The smallest absolute Gasteiger partial charge is 0.331 e. The van der Waals surface area contributed by atoms with Crippen LogP contribution in [0.3, 0.4) is 0 Å². The molecule has 0 heterocycles. The van der Waals surface area contributed by atoms with Crippen molar-refractivity contribution in [2.45, 2.75) is 6.61 Å². The second-order valence-corrected chi connectivity index (χ2v) is 5.20. The molecule has 0 amide bonds. The Morgan fingerprint density at radius 1 is 1.18 bits per heavy atom. The fourth-order valence-electron chi connectivity index (χ4n) is 1.73. The topological polar surface area (TPSA) is 50.1 Å². The van der Waals surface area contributed by atoms with Gasteiger partial charge in [0.15, 0.2) is 0 Å². The van der Waals surface area contributed by atoms with Crippen molar-refractivity contribution in [3.05, 3.63) is 75.3 Å². The van der Waals surface area contributed by atoms with Crippen molar-refractivity contribution in [1.82, 2.24) is 0 Å². The fraction of sp³-hybridized carbons (Fsp3) is 0.0588. The molecule has 0 bridgehead atoms. The van der Waals surface area contributed by atoms with Crippen LogP contribution in [0.2, 0.25) is 10.0 Å². The molecule has 3 nitrogen and oxygen atoms in total. The SMILES string of the molecule is N#Cc1ccccc1COC(=O)/C=C/c1ccc(Cl)c(Cl)c1. The first-order valence-electron chi connectivity index (χ1n) is 6.38. The number of hydrogen-bond acceptors (Lipinski definition) is 3. The van der Waals surface area contributed by atoms with Gasteiger partial charge in [-0.25, -0.2) is 4.79 Å². The van der Waals surface area contributed by atoms with Gasteiger partial charge in [0.25, 0.3) is 0 Å². The van der Waals surface area contributed by atoms with Crippen molar-refractivity contribution in [1.29, 1.82) is 5.26 Å². The van der Waals surface area contributed by atoms with Gasteiger partial charge in [-0.05, 0) is 29.8 Å². The highest BCUT2D eigenvalue weighted by Crippen LogP contribution is 2.23. The summed E-state index contributed by atoms with van der Waals surface area (Å²) in [5.74, 6) is -0.501. The molecule has 0 aromatic heterocycles. The molecular formula is C17H11Cl2NO2. The van der Waals surface area contributed by atoms with Crippen LogP contribution >= 0.6 is 23.2 Å². The van der Waals surface area contributed by atoms with Crippen LogP contribution < -0.4 is 0 Å². The van der Waals surface area contributed by atoms with Gasteiger partial charge < -0.3 is 4.74 Å². The van der Waals surface area contributed by atoms with E-state index in [1.807, 2.05) is 0 Å². The van der Waals surface area contributed by atoms with Crippen molar-refractivity contribution in [3.63, 3.8) is 0 Å². The summed E-state index contributed by atoms with van der Waals surface area (Å²) in [5.41, 5.74) is 1.90. The van der Waals surface area contributed by atoms with Gasteiger partial charge in [-0.1, -0.05) is 47.5 Å². The Morgan fingerprint density at radius 2 is 1.95 bits per heavy atom. The van der Waals surface area contributed by atoms with Gasteiger partial charge in [-0.3, -0.25) is 0 Å². The highest BCUT2D eigenvalue weighted by molar-refractivity contribution is 6.42. The molecule has 0 fully saturated rings. The Morgan fingerprint density at radius 3 is 2.68 bits per heavy atom. The molecule has 2 rings (SSSR count). The largest absolute Gasteiger partial charge is 0.458 e. The zero-order valence-corrected chi connectivity index (χ0v) is 12.9. The normalized spacial score (nSPS) is 10.4. The molecule has 0 atom stereocenters. The van der Waals surface area contributed by atoms with E-state index in [0.717, 1.165) is 5.56 Å². The van der Waals surface area contributed by atoms with Gasteiger partial charge in [0.05, 0.1) is 21.7 Å². The number of nitrogens with zero attached hydrogens (tertiary/aromatic N) is 1. The Kier molecular flexibility index (Phi) is 5.60. The number of rotatable bonds is 4. The molecule has 0 aliphatic rings. The molecule has 2 aromatic carbocycles. The second kappa shape index (κ2) is 7.65. The van der Waals surface area contributed by atoms with Crippen molar-refractivity contribution >= 4 is 35.2 Å². The van der Waals surface area contributed by atoms with Gasteiger partial charge in [0.1, 0.15) is 6.61 Å². The first-order chi connectivity index (χ1) is 10.6. The van der Waals surface area contributed by atoms with Gasteiger partial charge in [0.2, 0.25) is 0 Å². The Labute approximate surface area is 138 Å². The molecule has 0 spiro atoms. The number of carbonyl (C=O) groups is 1. The minimum Gasteiger partial charge on any atom is -0.458 e. The van der Waals surface area contributed by atoms with Crippen LogP contribution in [0.5, 0.6) is 0 Å². The van der Waals surface area contributed by atoms with Crippen LogP contribution in [0.15, 0.2) is 48.5 Å². The molecular weight excluding hydrogens is 321 g/mol. The van der Waals surface area contributed by atoms with E-state index in [1.54, 1.807) is 48.5 Å². The average Bonchev–Trinajstić information content (AvgIpc) is 2.54. The third kappa shape index (κ3) is 4.36. The summed E-state index contributed by atoms with van der Waals surface area (Å²) >= 11 is 11.7. The highest BCUT2D eigenvalue weighted by Gasteiger charge is 2.04. The van der Waals surface area contributed by atoms with E-state index >= 15 is 0 Å². The summed E-state index contributed by atoms with van der Waals surface area (Å²) in [6.45, 7) is 0.0499. The number of ether oxygens (including phenoxy) is 1. The lowest BCUT2D eigenvalue weighted by molar-refractivity contribution is -0.138. The van der Waals surface area contributed by atoms with E-state index < -0.39 is 5.97 Å². The second-order valence-electron chi connectivity index (χ2n) is 4.38. The summed E-state index contributed by atoms with van der Waals surface area (Å²) in [7, 11) is 0. The summed E-state index contributed by atoms with van der Waals surface area (Å²) in [6.07, 6.45) is 2.88. The maximum Gasteiger partial charge on any atom is 0.331 e. The van der Waals surface area contributed by atoms with Gasteiger partial charge in [0, 0.05) is 11.6 Å². The predicted molar refractivity (Wildman–Crippen MR) is 86.4 cm³/mol. The summed E-state index contributed by atoms with van der Waals surface area (Å²) in [4.78, 5) is 11.7. The van der Waals surface area contributed by atoms with E-state index in [0.29, 0.717) is 21.2 Å². The number of nitriles is 1. The minimum absolute atomic E-state index is 0.0499. The molecule has 0 radical (unpaired) electrons. The van der Waals surface area contributed by atoms with Gasteiger partial charge in [-0.2, -0.15) is 5.26 Å². The Hall–Kier alpha value is -2.28. The van der Waals surface area contributed by atoms with Crippen LogP contribution in [0.4, 0.5) is 0 Å². The van der Waals surface area contributed by atoms with E-state index in [1.165, 1.54) is 6.08 Å². The van der Waals surface area contributed by atoms with Crippen molar-refractivity contribution in [2.24, 2.45) is 0 Å². The van der Waals surface area contributed by atoms with Crippen molar-refractivity contribution < 1.29 is 9.53 Å². The average molecular weight is 332 g/mol. The Balaban J connectivity index is 1.97. The maximum atomic E-state index is 11.7. The Bertz CT molecular complexity index is 763. The van der Waals surface area contributed by atoms with Crippen LogP contribution in [0.1, 0.15) is 16.7 Å². The lowest BCUT2D eigenvalue weighted by Gasteiger charge is -2.04. The van der Waals surface area contributed by atoms with E-state index in [4.69, 9.17) is 33.2 Å². The number of benzene rings is 2. The third-order valence-corrected chi connectivity index (χ3v) is 3.60. The molecule has 5 heteroatoms. The molecule has 2 aromatic rings. The third-order valence-electron chi connectivity index (χ3n) is 2.86. The summed E-state index contributed by atoms with van der Waals surface area (Å²) < 4.78 is 5.11. The number of halogens is 2. The molecule has 0 saturated heterocycles. The molecule has 0 aliphatic carbocycles. The van der Waals surface area contributed by atoms with E-state index in [9.17, 15) is 4.79 Å². The molecule has 0 saturated carbocycles. The number of hydrogen-bond donors (Lipinski definition) is 0. The molecule has 0 aliphatic heterocycles. The zero-order chi connectivity index (χ0) is 15.9. The van der Waals surface area contributed by atoms with Gasteiger partial charge >= 0.3 is 5.97 Å². The lowest BCUT2D eigenvalue weighted by Crippen LogP contribution is -2.02. The quantitative estimate of drug-likeness (QED) is 0.606. The first-order valence-corrected chi connectivity index (χ1v) is 7.13. The van der Waals surface area contributed by atoms with Crippen LogP contribution in [0.25, 0.3) is 6.08 Å². The first kappa shape index (κ1) is 16.1. The van der Waals surface area contributed by atoms with Crippen LogP contribution in [0, 0.1) is 11.3 Å². The zero-order valence-electron chi connectivity index (χ0n) is 11.4. The standard InChI is InChI=1S/C17H11Cl2NO2/c18-15-7-5-12(9-16(15)19)6-8-17(21)22-11-14-4-2-1-3-13(14)10-20/h1-9H,11H2/b8-6+. The van der Waals surface area contributed by atoms with E-state index in [-0.39, 0.29) is 6.61 Å². The molecule has 110 valence electrons. The molecule has 22 heavy (non-hydrogen) atoms. The van der Waals surface area contributed by atoms with Gasteiger partial charge in [-0.15, -0.1) is 0 Å². The lowest BCUT2D eigenvalue weighted by atomic mass is 10.1. The van der Waals surface area contributed by atoms with Crippen molar-refractivity contribution in [3.8, 4) is 6.07 Å².